The van der Waals surface area contributed by atoms with Crippen LogP contribution in [0.1, 0.15) is 13.8 Å². The minimum Gasteiger partial charge on any atom is -0.514 e. The van der Waals surface area contributed by atoms with Crippen LogP contribution < -0.4 is 10.0 Å². The van der Waals surface area contributed by atoms with Crippen LogP contribution in [0.25, 0.3) is 11.6 Å². The summed E-state index contributed by atoms with van der Waals surface area (Å²) >= 11 is 0. The molecule has 1 aromatic rings. The van der Waals surface area contributed by atoms with Crippen molar-refractivity contribution in [3.63, 3.8) is 0 Å². The molecule has 0 unspecified atom stereocenters. The van der Waals surface area contributed by atoms with Crippen molar-refractivity contribution in [2.24, 2.45) is 5.41 Å². The van der Waals surface area contributed by atoms with Gasteiger partial charge in [0.2, 0.25) is 0 Å². The molecule has 0 bridgehead atoms. The van der Waals surface area contributed by atoms with Crippen molar-refractivity contribution >= 4 is 20.8 Å². The fraction of sp³-hybridized carbons (Fsp3) is 0.214. The van der Waals surface area contributed by atoms with E-state index in [9.17, 15) is 5.11 Å². The van der Waals surface area contributed by atoms with Gasteiger partial charge in [0.15, 0.2) is 0 Å². The monoisotopic (exact) mass is 226 g/mol. The van der Waals surface area contributed by atoms with Crippen molar-refractivity contribution in [2.45, 2.75) is 13.8 Å². The second kappa shape index (κ2) is 3.05. The van der Waals surface area contributed by atoms with E-state index in [-0.39, 0.29) is 14.5 Å². The molecule has 16 heavy (non-hydrogen) atoms. The van der Waals surface area contributed by atoms with E-state index in [1.165, 1.54) is 21.2 Å². The number of allylic oxidation sites excluding steroid dienone is 4. The van der Waals surface area contributed by atoms with E-state index >= 15 is 0 Å². The molecule has 0 saturated heterocycles. The molecule has 0 spiro atoms. The Bertz CT molecular complexity index is 648. The van der Waals surface area contributed by atoms with E-state index in [0.29, 0.717) is 5.36 Å². The molecule has 0 fully saturated rings. The fourth-order valence-corrected chi connectivity index (χ4v) is 3.79. The summed E-state index contributed by atoms with van der Waals surface area (Å²) in [5.41, 5.74) is 2.85. The molecule has 3 rings (SSSR count). The SMILES string of the molecule is CC1(C)C=CC=C2C=c3[siH]c(O)ccc3=C21. The first-order chi connectivity index (χ1) is 7.58. The lowest BCUT2D eigenvalue weighted by molar-refractivity contribution is 0.488. The highest BCUT2D eigenvalue weighted by Gasteiger charge is 2.27. The maximum atomic E-state index is 9.59. The van der Waals surface area contributed by atoms with Gasteiger partial charge in [-0.2, -0.15) is 0 Å². The summed E-state index contributed by atoms with van der Waals surface area (Å²) in [4.78, 5) is 1.33. The van der Waals surface area contributed by atoms with Gasteiger partial charge < -0.3 is 5.11 Å². The highest BCUT2D eigenvalue weighted by Crippen LogP contribution is 2.38. The summed E-state index contributed by atoms with van der Waals surface area (Å²) < 4.78 is 0. The van der Waals surface area contributed by atoms with Gasteiger partial charge in [0, 0.05) is 5.41 Å². The number of hydrogen-bond donors (Lipinski definition) is 1. The van der Waals surface area contributed by atoms with Gasteiger partial charge in [0.05, 0.1) is 14.5 Å². The molecule has 0 aliphatic heterocycles. The van der Waals surface area contributed by atoms with E-state index in [4.69, 9.17) is 0 Å². The molecule has 1 heterocycles. The molecule has 1 nitrogen and oxygen atoms in total. The Morgan fingerprint density at radius 1 is 1.25 bits per heavy atom. The lowest BCUT2D eigenvalue weighted by Crippen LogP contribution is -2.30. The van der Waals surface area contributed by atoms with Gasteiger partial charge in [0.25, 0.3) is 0 Å². The molecule has 2 aliphatic carbocycles. The molecule has 80 valence electrons. The van der Waals surface area contributed by atoms with Crippen molar-refractivity contribution in [3.05, 3.63) is 46.0 Å². The first-order valence-corrected chi connectivity index (χ1v) is 6.69. The normalized spacial score (nSPS) is 19.9. The smallest absolute Gasteiger partial charge is 0.0872 e. The van der Waals surface area contributed by atoms with E-state index in [1.807, 2.05) is 6.07 Å². The first kappa shape index (κ1) is 9.79. The van der Waals surface area contributed by atoms with Crippen LogP contribution in [0.5, 0.6) is 5.36 Å². The maximum Gasteiger partial charge on any atom is 0.0872 e. The second-order valence-corrected chi connectivity index (χ2v) is 6.50. The minimum absolute atomic E-state index is 0.105. The Balaban J connectivity index is 2.44. The quantitative estimate of drug-likeness (QED) is 0.653. The molecule has 1 aromatic heterocycles. The van der Waals surface area contributed by atoms with Crippen LogP contribution in [0, 0.1) is 5.41 Å². The highest BCUT2D eigenvalue weighted by molar-refractivity contribution is 6.35. The van der Waals surface area contributed by atoms with E-state index in [0.717, 1.165) is 0 Å². The highest BCUT2D eigenvalue weighted by atomic mass is 28.2. The van der Waals surface area contributed by atoms with Gasteiger partial charge in [-0.05, 0) is 27.3 Å². The molecule has 2 heteroatoms. The fourth-order valence-electron chi connectivity index (χ4n) is 2.62. The summed E-state index contributed by atoms with van der Waals surface area (Å²) in [6, 6.07) is 3.92. The van der Waals surface area contributed by atoms with E-state index < -0.39 is 0 Å². The zero-order valence-corrected chi connectivity index (χ0v) is 10.6. The number of hydrogen-bond acceptors (Lipinski definition) is 1. The van der Waals surface area contributed by atoms with Crippen molar-refractivity contribution < 1.29 is 5.11 Å². The molecule has 0 atom stereocenters. The van der Waals surface area contributed by atoms with Gasteiger partial charge in [0.1, 0.15) is 0 Å². The predicted octanol–water partition coefficient (Wildman–Crippen LogP) is 0.930. The average Bonchev–Trinajstić information content (AvgIpc) is 2.55. The maximum absolute atomic E-state index is 9.59. The Morgan fingerprint density at radius 2 is 2.06 bits per heavy atom. The Labute approximate surface area is 96.9 Å². The Morgan fingerprint density at radius 3 is 2.88 bits per heavy atom. The molecular weight excluding hydrogens is 212 g/mol. The average molecular weight is 226 g/mol. The van der Waals surface area contributed by atoms with Crippen LogP contribution >= 0.6 is 0 Å². The summed E-state index contributed by atoms with van der Waals surface area (Å²) in [7, 11) is -0.105. The van der Waals surface area contributed by atoms with Gasteiger partial charge >= 0.3 is 0 Å². The zero-order valence-electron chi connectivity index (χ0n) is 9.49. The van der Waals surface area contributed by atoms with Gasteiger partial charge in [-0.25, -0.2) is 0 Å². The second-order valence-electron chi connectivity index (χ2n) is 4.99. The zero-order chi connectivity index (χ0) is 11.3. The first-order valence-electron chi connectivity index (χ1n) is 5.53. The number of rotatable bonds is 0. The van der Waals surface area contributed by atoms with Crippen LogP contribution in [0.15, 0.2) is 35.9 Å². The molecular formula is C14H14OSi. The summed E-state index contributed by atoms with van der Waals surface area (Å²) in [6.07, 6.45) is 8.79. The van der Waals surface area contributed by atoms with Crippen LogP contribution in [0.2, 0.25) is 0 Å². The van der Waals surface area contributed by atoms with Crippen molar-refractivity contribution in [2.75, 3.05) is 0 Å². The topological polar surface area (TPSA) is 20.2 Å². The van der Waals surface area contributed by atoms with Crippen molar-refractivity contribution in [3.8, 4) is 5.36 Å². The lowest BCUT2D eigenvalue weighted by atomic mass is 9.77. The molecule has 2 aliphatic rings. The van der Waals surface area contributed by atoms with Gasteiger partial charge in [-0.1, -0.05) is 44.2 Å². The third-order valence-corrected chi connectivity index (χ3v) is 4.61. The van der Waals surface area contributed by atoms with Crippen molar-refractivity contribution in [1.29, 1.82) is 0 Å². The van der Waals surface area contributed by atoms with Crippen LogP contribution in [0.3, 0.4) is 0 Å². The molecule has 0 radical (unpaired) electrons. The third-order valence-electron chi connectivity index (χ3n) is 3.34. The van der Waals surface area contributed by atoms with Gasteiger partial charge in [-0.15, -0.1) is 0 Å². The Kier molecular flexibility index (Phi) is 1.86. The molecule has 0 amide bonds. The summed E-state index contributed by atoms with van der Waals surface area (Å²) in [5, 5.41) is 11.5. The standard InChI is InChI=1S/C14H14OSi/c1-14(2)7-3-4-9-8-11-10(13(9)14)5-6-12(15)16-11/h3-8,15-16H,1-2H3. The van der Waals surface area contributed by atoms with Crippen molar-refractivity contribution in [1.82, 2.24) is 0 Å². The summed E-state index contributed by atoms with van der Waals surface area (Å²) in [6.45, 7) is 4.49. The largest absolute Gasteiger partial charge is 0.514 e. The minimum atomic E-state index is -0.105. The van der Waals surface area contributed by atoms with Crippen LogP contribution in [0.4, 0.5) is 0 Å². The third kappa shape index (κ3) is 1.26. The lowest BCUT2D eigenvalue weighted by Gasteiger charge is -2.26. The summed E-state index contributed by atoms with van der Waals surface area (Å²) in [5.74, 6) is 0. The number of fused-ring (bicyclic) bond motifs is 2. The Hall–Kier alpha value is -1.41. The van der Waals surface area contributed by atoms with E-state index in [2.05, 4.69) is 44.2 Å². The van der Waals surface area contributed by atoms with Crippen LogP contribution in [-0.2, 0) is 0 Å². The van der Waals surface area contributed by atoms with E-state index in [1.54, 1.807) is 0 Å². The number of aromatic hydroxyl groups is 1. The van der Waals surface area contributed by atoms with Crippen LogP contribution in [-0.4, -0.2) is 14.2 Å². The molecule has 1 N–H and O–H groups in total. The van der Waals surface area contributed by atoms with Gasteiger partial charge in [-0.3, -0.25) is 0 Å². The predicted molar refractivity (Wildman–Crippen MR) is 69.0 cm³/mol. The molecule has 0 saturated carbocycles. The molecule has 0 aromatic carbocycles.